The van der Waals surface area contributed by atoms with E-state index in [0.29, 0.717) is 37.0 Å². The highest BCUT2D eigenvalue weighted by atomic mass is 16.2. The third-order valence-corrected chi connectivity index (χ3v) is 10.3. The molecule has 5 nitrogen and oxygen atoms in total. The minimum atomic E-state index is 0.0971. The second-order valence-corrected chi connectivity index (χ2v) is 13.2. The standard InChI is InChI=1S/C35H47N3O2/c1-24-9-13-28(14-10-24)36-34(39)22-26-5-4-6-27(21-26)23-35(40)37-29-15-11-25(12-16-29)19-20-38-32-17-18-33(38)31-8-3-2-7-30(31)32/h2-8,21,24-25,28-29,32-33H,9-20,22-23H2,1H3,(H,36,39)(H,37,40)/t24-,25-,28-,29-,32-,33+. The minimum Gasteiger partial charge on any atom is -0.353 e. The lowest BCUT2D eigenvalue weighted by Crippen LogP contribution is -2.39. The first-order valence-corrected chi connectivity index (χ1v) is 16.0. The van der Waals surface area contributed by atoms with E-state index in [1.807, 2.05) is 24.3 Å². The van der Waals surface area contributed by atoms with Crippen LogP contribution in [0.25, 0.3) is 0 Å². The summed E-state index contributed by atoms with van der Waals surface area (Å²) in [6, 6.07) is 19.0. The zero-order valence-electron chi connectivity index (χ0n) is 24.2. The zero-order valence-corrected chi connectivity index (χ0v) is 24.2. The number of carbonyl (C=O) groups is 2. The smallest absolute Gasteiger partial charge is 0.224 e. The predicted molar refractivity (Wildman–Crippen MR) is 160 cm³/mol. The van der Waals surface area contributed by atoms with Gasteiger partial charge in [-0.2, -0.15) is 0 Å². The molecule has 2 aromatic carbocycles. The molecule has 3 fully saturated rings. The van der Waals surface area contributed by atoms with E-state index in [9.17, 15) is 9.59 Å². The molecule has 1 saturated heterocycles. The van der Waals surface area contributed by atoms with Crippen molar-refractivity contribution in [3.63, 3.8) is 0 Å². The third kappa shape index (κ3) is 6.46. The molecule has 2 aliphatic carbocycles. The SMILES string of the molecule is C[C@H]1CC[C@H](NC(=O)Cc2cccc(CC(=O)N[C@H]3CC[C@H](CCN4[C@@H]5CC[C@H]4c4ccccc45)CC3)c2)CC1. The number of rotatable bonds is 9. The van der Waals surface area contributed by atoms with Gasteiger partial charge in [-0.3, -0.25) is 14.5 Å². The molecule has 0 unspecified atom stereocenters. The molecule has 214 valence electrons. The molecule has 0 radical (unpaired) electrons. The summed E-state index contributed by atoms with van der Waals surface area (Å²) in [5.74, 6) is 1.75. The van der Waals surface area contributed by atoms with Crippen LogP contribution in [0.3, 0.4) is 0 Å². The van der Waals surface area contributed by atoms with Crippen molar-refractivity contribution in [3.8, 4) is 0 Å². The van der Waals surface area contributed by atoms with Crippen molar-refractivity contribution in [2.24, 2.45) is 11.8 Å². The highest BCUT2D eigenvalue weighted by Gasteiger charge is 2.43. The van der Waals surface area contributed by atoms with E-state index in [4.69, 9.17) is 0 Å². The fraction of sp³-hybridized carbons (Fsp3) is 0.600. The lowest BCUT2D eigenvalue weighted by molar-refractivity contribution is -0.122. The van der Waals surface area contributed by atoms with Gasteiger partial charge in [-0.15, -0.1) is 0 Å². The number of hydrogen-bond acceptors (Lipinski definition) is 3. The summed E-state index contributed by atoms with van der Waals surface area (Å²) in [4.78, 5) is 28.2. The Morgan fingerprint density at radius 2 is 1.23 bits per heavy atom. The van der Waals surface area contributed by atoms with Crippen LogP contribution in [0.2, 0.25) is 0 Å². The fourth-order valence-electron chi connectivity index (χ4n) is 8.07. The first-order chi connectivity index (χ1) is 19.5. The van der Waals surface area contributed by atoms with Gasteiger partial charge in [-0.25, -0.2) is 0 Å². The van der Waals surface area contributed by atoms with E-state index in [-0.39, 0.29) is 11.8 Å². The summed E-state index contributed by atoms with van der Waals surface area (Å²) in [6.07, 6.45) is 13.9. The Labute approximate surface area is 240 Å². The van der Waals surface area contributed by atoms with Gasteiger partial charge in [-0.1, -0.05) is 55.5 Å². The summed E-state index contributed by atoms with van der Waals surface area (Å²) in [5, 5.41) is 6.53. The summed E-state index contributed by atoms with van der Waals surface area (Å²) >= 11 is 0. The lowest BCUT2D eigenvalue weighted by atomic mass is 9.84. The molecule has 5 heteroatoms. The Morgan fingerprint density at radius 3 is 1.77 bits per heavy atom. The zero-order chi connectivity index (χ0) is 27.5. The molecule has 2 amide bonds. The van der Waals surface area contributed by atoms with Crippen LogP contribution in [-0.4, -0.2) is 35.3 Å². The molecule has 6 rings (SSSR count). The van der Waals surface area contributed by atoms with Crippen LogP contribution in [-0.2, 0) is 22.4 Å². The first-order valence-electron chi connectivity index (χ1n) is 16.0. The van der Waals surface area contributed by atoms with Gasteiger partial charge in [0.2, 0.25) is 11.8 Å². The van der Waals surface area contributed by atoms with Gasteiger partial charge in [0.05, 0.1) is 12.8 Å². The lowest BCUT2D eigenvalue weighted by Gasteiger charge is -2.31. The van der Waals surface area contributed by atoms with Crippen LogP contribution in [0.1, 0.15) is 112 Å². The van der Waals surface area contributed by atoms with Crippen LogP contribution in [0, 0.1) is 11.8 Å². The molecule has 2 N–H and O–H groups in total. The van der Waals surface area contributed by atoms with Gasteiger partial charge in [-0.05, 0) is 111 Å². The largest absolute Gasteiger partial charge is 0.353 e. The third-order valence-electron chi connectivity index (χ3n) is 10.3. The van der Waals surface area contributed by atoms with Crippen molar-refractivity contribution < 1.29 is 9.59 Å². The van der Waals surface area contributed by atoms with E-state index in [0.717, 1.165) is 48.6 Å². The van der Waals surface area contributed by atoms with E-state index in [1.54, 1.807) is 11.1 Å². The van der Waals surface area contributed by atoms with Crippen LogP contribution >= 0.6 is 0 Å². The molecular formula is C35H47N3O2. The maximum absolute atomic E-state index is 12.9. The Balaban J connectivity index is 0.906. The molecule has 0 spiro atoms. The predicted octanol–water partition coefficient (Wildman–Crippen LogP) is 6.42. The number of carbonyl (C=O) groups excluding carboxylic acids is 2. The summed E-state index contributed by atoms with van der Waals surface area (Å²) in [6.45, 7) is 3.50. The van der Waals surface area contributed by atoms with Crippen LogP contribution in [0.15, 0.2) is 48.5 Å². The molecule has 40 heavy (non-hydrogen) atoms. The molecule has 2 heterocycles. The average Bonchev–Trinajstić information content (AvgIpc) is 3.50. The van der Waals surface area contributed by atoms with Gasteiger partial charge in [0.15, 0.2) is 0 Å². The number of amides is 2. The van der Waals surface area contributed by atoms with Crippen molar-refractivity contribution in [3.05, 3.63) is 70.8 Å². The van der Waals surface area contributed by atoms with Crippen molar-refractivity contribution in [1.29, 1.82) is 0 Å². The van der Waals surface area contributed by atoms with Crippen LogP contribution in [0.4, 0.5) is 0 Å². The number of benzene rings is 2. The molecule has 2 aliphatic heterocycles. The van der Waals surface area contributed by atoms with Gasteiger partial charge >= 0.3 is 0 Å². The molecule has 2 aromatic rings. The Kier molecular flexibility index (Phi) is 8.57. The van der Waals surface area contributed by atoms with Crippen molar-refractivity contribution in [2.45, 2.75) is 115 Å². The Morgan fingerprint density at radius 1 is 0.700 bits per heavy atom. The summed E-state index contributed by atoms with van der Waals surface area (Å²) in [7, 11) is 0. The maximum Gasteiger partial charge on any atom is 0.224 e. The quantitative estimate of drug-likeness (QED) is 0.385. The molecule has 0 aromatic heterocycles. The maximum atomic E-state index is 12.9. The van der Waals surface area contributed by atoms with E-state index < -0.39 is 0 Å². The van der Waals surface area contributed by atoms with E-state index in [1.165, 1.54) is 51.5 Å². The number of fused-ring (bicyclic) bond motifs is 5. The number of hydrogen-bond donors (Lipinski definition) is 2. The van der Waals surface area contributed by atoms with Gasteiger partial charge in [0.1, 0.15) is 0 Å². The molecule has 2 atom stereocenters. The molecule has 2 saturated carbocycles. The van der Waals surface area contributed by atoms with Crippen molar-refractivity contribution in [2.75, 3.05) is 6.54 Å². The average molecular weight is 542 g/mol. The fourth-order valence-corrected chi connectivity index (χ4v) is 8.07. The van der Waals surface area contributed by atoms with E-state index >= 15 is 0 Å². The summed E-state index contributed by atoms with van der Waals surface area (Å²) in [5.41, 5.74) is 5.13. The Hall–Kier alpha value is -2.66. The topological polar surface area (TPSA) is 61.4 Å². The van der Waals surface area contributed by atoms with Crippen LogP contribution in [0.5, 0.6) is 0 Å². The molecule has 4 aliphatic rings. The van der Waals surface area contributed by atoms with Crippen molar-refractivity contribution in [1.82, 2.24) is 15.5 Å². The Bertz CT molecular complexity index is 1150. The van der Waals surface area contributed by atoms with Crippen LogP contribution < -0.4 is 10.6 Å². The highest BCUT2D eigenvalue weighted by Crippen LogP contribution is 2.53. The molecular weight excluding hydrogens is 494 g/mol. The summed E-state index contributed by atoms with van der Waals surface area (Å²) < 4.78 is 0. The van der Waals surface area contributed by atoms with Gasteiger partial charge in [0, 0.05) is 24.2 Å². The number of nitrogens with one attached hydrogen (secondary N) is 2. The van der Waals surface area contributed by atoms with Crippen molar-refractivity contribution >= 4 is 11.8 Å². The van der Waals surface area contributed by atoms with E-state index in [2.05, 4.69) is 46.7 Å². The minimum absolute atomic E-state index is 0.0971. The molecule has 2 bridgehead atoms. The number of nitrogens with zero attached hydrogens (tertiary/aromatic N) is 1. The monoisotopic (exact) mass is 541 g/mol. The van der Waals surface area contributed by atoms with Gasteiger partial charge < -0.3 is 10.6 Å². The first kappa shape index (κ1) is 27.5. The highest BCUT2D eigenvalue weighted by molar-refractivity contribution is 5.80. The second-order valence-electron chi connectivity index (χ2n) is 13.2. The second kappa shape index (κ2) is 12.5. The van der Waals surface area contributed by atoms with Gasteiger partial charge in [0.25, 0.3) is 0 Å². The normalized spacial score (nSPS) is 29.6.